The van der Waals surface area contributed by atoms with E-state index in [-0.39, 0.29) is 0 Å². The van der Waals surface area contributed by atoms with Crippen molar-refractivity contribution in [2.45, 2.75) is 33.3 Å². The van der Waals surface area contributed by atoms with Crippen molar-refractivity contribution in [3.8, 4) is 5.75 Å². The summed E-state index contributed by atoms with van der Waals surface area (Å²) in [5, 5.41) is 0. The van der Waals surface area contributed by atoms with E-state index < -0.39 is 12.0 Å². The maximum absolute atomic E-state index is 11.0. The summed E-state index contributed by atoms with van der Waals surface area (Å²) in [5.41, 5.74) is 13.9. The number of aryl methyl sites for hydroxylation is 2. The Balaban J connectivity index is 2.97. The quantitative estimate of drug-likeness (QED) is 0.802. The van der Waals surface area contributed by atoms with Gasteiger partial charge in [-0.05, 0) is 50.4 Å². The van der Waals surface area contributed by atoms with Gasteiger partial charge in [0.15, 0.2) is 6.10 Å². The van der Waals surface area contributed by atoms with E-state index in [1.807, 2.05) is 26.0 Å². The zero-order chi connectivity index (χ0) is 13.0. The van der Waals surface area contributed by atoms with E-state index in [4.69, 9.17) is 16.2 Å². The van der Waals surface area contributed by atoms with Gasteiger partial charge >= 0.3 is 0 Å². The molecule has 4 nitrogen and oxygen atoms in total. The first-order valence-electron chi connectivity index (χ1n) is 5.72. The van der Waals surface area contributed by atoms with E-state index in [0.29, 0.717) is 6.54 Å². The van der Waals surface area contributed by atoms with E-state index in [2.05, 4.69) is 0 Å². The van der Waals surface area contributed by atoms with Gasteiger partial charge in [-0.2, -0.15) is 0 Å². The lowest BCUT2D eigenvalue weighted by Crippen LogP contribution is -2.31. The van der Waals surface area contributed by atoms with Gasteiger partial charge in [-0.3, -0.25) is 4.79 Å². The number of hydrogen-bond donors (Lipinski definition) is 2. The first-order chi connectivity index (χ1) is 7.95. The lowest BCUT2D eigenvalue weighted by atomic mass is 10.0. The lowest BCUT2D eigenvalue weighted by molar-refractivity contribution is -0.124. The Labute approximate surface area is 102 Å². The fourth-order valence-electron chi connectivity index (χ4n) is 1.77. The van der Waals surface area contributed by atoms with E-state index in [1.165, 1.54) is 5.56 Å². The number of nitrogens with two attached hydrogens (primary N) is 2. The minimum atomic E-state index is -0.618. The van der Waals surface area contributed by atoms with Crippen LogP contribution in [0.4, 0.5) is 0 Å². The van der Waals surface area contributed by atoms with Crippen LogP contribution in [0.2, 0.25) is 0 Å². The molecule has 4 heteroatoms. The summed E-state index contributed by atoms with van der Waals surface area (Å²) in [6.45, 7) is 6.18. The van der Waals surface area contributed by atoms with Crippen molar-refractivity contribution in [3.63, 3.8) is 0 Å². The number of primary amides is 1. The Hall–Kier alpha value is -1.55. The summed E-state index contributed by atoms with van der Waals surface area (Å²) >= 11 is 0. The highest BCUT2D eigenvalue weighted by Crippen LogP contribution is 2.26. The predicted octanol–water partition coefficient (Wildman–Crippen LogP) is 1.06. The number of ether oxygens (including phenoxy) is 1. The Bertz CT molecular complexity index is 393. The summed E-state index contributed by atoms with van der Waals surface area (Å²) in [4.78, 5) is 11.0. The van der Waals surface area contributed by atoms with Gasteiger partial charge in [0.2, 0.25) is 0 Å². The van der Waals surface area contributed by atoms with Crippen molar-refractivity contribution in [1.82, 2.24) is 0 Å². The topological polar surface area (TPSA) is 78.3 Å². The van der Waals surface area contributed by atoms with Crippen molar-refractivity contribution in [3.05, 3.63) is 28.8 Å². The van der Waals surface area contributed by atoms with E-state index >= 15 is 0 Å². The molecule has 94 valence electrons. The summed E-state index contributed by atoms with van der Waals surface area (Å²) in [6.07, 6.45) is 0.223. The molecule has 0 bridgehead atoms. The standard InChI is InChI=1S/C13H20N2O2/c1-8-6-11(4-5-14)7-9(2)12(8)17-10(3)13(15)16/h6-7,10H,4-5,14H2,1-3H3,(H2,15,16). The number of rotatable bonds is 5. The van der Waals surface area contributed by atoms with Crippen LogP contribution in [0.1, 0.15) is 23.6 Å². The summed E-state index contributed by atoms with van der Waals surface area (Å²) in [7, 11) is 0. The summed E-state index contributed by atoms with van der Waals surface area (Å²) in [5.74, 6) is 0.270. The van der Waals surface area contributed by atoms with Gasteiger partial charge in [-0.25, -0.2) is 0 Å². The van der Waals surface area contributed by atoms with Crippen LogP contribution in [0.5, 0.6) is 5.75 Å². The average molecular weight is 236 g/mol. The van der Waals surface area contributed by atoms with E-state index in [1.54, 1.807) is 6.92 Å². The largest absolute Gasteiger partial charge is 0.480 e. The first kappa shape index (κ1) is 13.5. The fourth-order valence-corrected chi connectivity index (χ4v) is 1.77. The third-order valence-electron chi connectivity index (χ3n) is 2.65. The highest BCUT2D eigenvalue weighted by Gasteiger charge is 2.14. The van der Waals surface area contributed by atoms with Crippen molar-refractivity contribution in [2.75, 3.05) is 6.54 Å². The lowest BCUT2D eigenvalue weighted by Gasteiger charge is -2.17. The molecular weight excluding hydrogens is 216 g/mol. The first-order valence-corrected chi connectivity index (χ1v) is 5.72. The Morgan fingerprint density at radius 3 is 2.29 bits per heavy atom. The molecule has 0 aliphatic heterocycles. The SMILES string of the molecule is Cc1cc(CCN)cc(C)c1OC(C)C(N)=O. The molecule has 1 aromatic carbocycles. The maximum atomic E-state index is 11.0. The molecule has 0 radical (unpaired) electrons. The average Bonchev–Trinajstić information content (AvgIpc) is 2.23. The molecule has 0 aliphatic rings. The number of hydrogen-bond acceptors (Lipinski definition) is 3. The van der Waals surface area contributed by atoms with Crippen LogP contribution in [-0.2, 0) is 11.2 Å². The molecule has 17 heavy (non-hydrogen) atoms. The second kappa shape index (κ2) is 5.68. The third-order valence-corrected chi connectivity index (χ3v) is 2.65. The monoisotopic (exact) mass is 236 g/mol. The minimum absolute atomic E-state index is 0.463. The van der Waals surface area contributed by atoms with Gasteiger partial charge < -0.3 is 16.2 Å². The maximum Gasteiger partial charge on any atom is 0.258 e. The highest BCUT2D eigenvalue weighted by atomic mass is 16.5. The van der Waals surface area contributed by atoms with Crippen LogP contribution in [-0.4, -0.2) is 18.6 Å². The van der Waals surface area contributed by atoms with Gasteiger partial charge in [0.05, 0.1) is 0 Å². The van der Waals surface area contributed by atoms with Gasteiger partial charge in [0.1, 0.15) is 5.75 Å². The molecule has 0 aromatic heterocycles. The van der Waals surface area contributed by atoms with Gasteiger partial charge in [-0.15, -0.1) is 0 Å². The number of carbonyl (C=O) groups excluding carboxylic acids is 1. The van der Waals surface area contributed by atoms with E-state index in [9.17, 15) is 4.79 Å². The van der Waals surface area contributed by atoms with Crippen molar-refractivity contribution in [1.29, 1.82) is 0 Å². The Morgan fingerprint density at radius 2 is 1.88 bits per heavy atom. The molecule has 0 aliphatic carbocycles. The normalized spacial score (nSPS) is 12.2. The van der Waals surface area contributed by atoms with Crippen LogP contribution >= 0.6 is 0 Å². The number of amides is 1. The predicted molar refractivity (Wildman–Crippen MR) is 68.0 cm³/mol. The molecule has 0 saturated heterocycles. The summed E-state index contributed by atoms with van der Waals surface area (Å²) < 4.78 is 5.56. The van der Waals surface area contributed by atoms with Crippen LogP contribution < -0.4 is 16.2 Å². The second-order valence-electron chi connectivity index (χ2n) is 4.26. The molecule has 1 rings (SSSR count). The van der Waals surface area contributed by atoms with Crippen molar-refractivity contribution >= 4 is 5.91 Å². The van der Waals surface area contributed by atoms with E-state index in [0.717, 1.165) is 23.3 Å². The van der Waals surface area contributed by atoms with Crippen LogP contribution in [0, 0.1) is 13.8 Å². The van der Waals surface area contributed by atoms with Gasteiger partial charge in [-0.1, -0.05) is 12.1 Å². The van der Waals surface area contributed by atoms with Crippen LogP contribution in [0.3, 0.4) is 0 Å². The zero-order valence-corrected chi connectivity index (χ0v) is 10.6. The molecule has 0 heterocycles. The number of carbonyl (C=O) groups is 1. The molecule has 1 unspecified atom stereocenters. The molecule has 0 spiro atoms. The molecule has 1 atom stereocenters. The molecule has 1 amide bonds. The Kier molecular flexibility index (Phi) is 4.52. The third kappa shape index (κ3) is 3.46. The van der Waals surface area contributed by atoms with Crippen LogP contribution in [0.15, 0.2) is 12.1 Å². The van der Waals surface area contributed by atoms with Crippen molar-refractivity contribution < 1.29 is 9.53 Å². The fraction of sp³-hybridized carbons (Fsp3) is 0.462. The molecule has 1 aromatic rings. The molecule has 0 fully saturated rings. The van der Waals surface area contributed by atoms with Gasteiger partial charge in [0.25, 0.3) is 5.91 Å². The Morgan fingerprint density at radius 1 is 1.35 bits per heavy atom. The minimum Gasteiger partial charge on any atom is -0.480 e. The van der Waals surface area contributed by atoms with Crippen molar-refractivity contribution in [2.24, 2.45) is 11.5 Å². The summed E-state index contributed by atoms with van der Waals surface area (Å²) in [6, 6.07) is 4.06. The zero-order valence-electron chi connectivity index (χ0n) is 10.6. The molecule has 4 N–H and O–H groups in total. The smallest absolute Gasteiger partial charge is 0.258 e. The van der Waals surface area contributed by atoms with Crippen LogP contribution in [0.25, 0.3) is 0 Å². The molecule has 0 saturated carbocycles. The molecular formula is C13H20N2O2. The highest BCUT2D eigenvalue weighted by molar-refractivity contribution is 5.78. The number of benzene rings is 1. The second-order valence-corrected chi connectivity index (χ2v) is 4.26. The van der Waals surface area contributed by atoms with Gasteiger partial charge in [0, 0.05) is 0 Å².